The number of rotatable bonds is 3. The van der Waals surface area contributed by atoms with Crippen LogP contribution in [0.25, 0.3) is 0 Å². The SMILES string of the molecule is Clc1cc[c]([Bi]([c]2ccc(Cl)cc2)[c]2ccc(Cl)cc2)cc1. The van der Waals surface area contributed by atoms with Crippen LogP contribution < -0.4 is 9.81 Å². The molecular formula is C18H12BiCl3. The van der Waals surface area contributed by atoms with E-state index in [0.717, 1.165) is 15.1 Å². The Hall–Kier alpha value is -0.587. The topological polar surface area (TPSA) is 0 Å². The maximum atomic E-state index is 6.04. The Morgan fingerprint density at radius 3 is 0.864 bits per heavy atom. The average Bonchev–Trinajstić information content (AvgIpc) is 2.53. The van der Waals surface area contributed by atoms with Gasteiger partial charge in [0, 0.05) is 0 Å². The van der Waals surface area contributed by atoms with E-state index < -0.39 is 21.8 Å². The molecule has 110 valence electrons. The molecule has 0 aliphatic rings. The second-order valence-electron chi connectivity index (χ2n) is 4.76. The van der Waals surface area contributed by atoms with Crippen LogP contribution in [0.15, 0.2) is 72.8 Å². The van der Waals surface area contributed by atoms with Crippen molar-refractivity contribution in [3.8, 4) is 0 Å². The molecule has 0 unspecified atom stereocenters. The zero-order chi connectivity index (χ0) is 15.5. The van der Waals surface area contributed by atoms with E-state index in [0.29, 0.717) is 0 Å². The fourth-order valence-electron chi connectivity index (χ4n) is 2.22. The van der Waals surface area contributed by atoms with Crippen LogP contribution in [0.4, 0.5) is 0 Å². The molecule has 0 bridgehead atoms. The molecule has 0 spiro atoms. The predicted octanol–water partition coefficient (Wildman–Crippen LogP) is 4.16. The van der Waals surface area contributed by atoms with E-state index in [-0.39, 0.29) is 0 Å². The number of hydrogen-bond acceptors (Lipinski definition) is 0. The Morgan fingerprint density at radius 1 is 0.409 bits per heavy atom. The molecule has 3 rings (SSSR count). The van der Waals surface area contributed by atoms with Gasteiger partial charge in [0.2, 0.25) is 0 Å². The van der Waals surface area contributed by atoms with Crippen molar-refractivity contribution in [2.75, 3.05) is 0 Å². The van der Waals surface area contributed by atoms with Gasteiger partial charge in [-0.3, -0.25) is 0 Å². The molecule has 3 aromatic carbocycles. The Morgan fingerprint density at radius 2 is 0.636 bits per heavy atom. The van der Waals surface area contributed by atoms with Crippen LogP contribution in [0.3, 0.4) is 0 Å². The molecule has 0 N–H and O–H groups in total. The Kier molecular flexibility index (Phi) is 5.42. The van der Waals surface area contributed by atoms with Gasteiger partial charge in [-0.05, 0) is 0 Å². The Labute approximate surface area is 153 Å². The molecule has 3 aromatic rings. The summed E-state index contributed by atoms with van der Waals surface area (Å²) < 4.78 is 4.14. The average molecular weight is 544 g/mol. The van der Waals surface area contributed by atoms with Gasteiger partial charge in [-0.1, -0.05) is 0 Å². The number of hydrogen-bond donors (Lipinski definition) is 0. The molecule has 0 radical (unpaired) electrons. The van der Waals surface area contributed by atoms with Gasteiger partial charge in [0.05, 0.1) is 0 Å². The Balaban J connectivity index is 2.10. The van der Waals surface area contributed by atoms with Crippen LogP contribution in [0.1, 0.15) is 0 Å². The van der Waals surface area contributed by atoms with E-state index in [1.807, 2.05) is 36.4 Å². The fraction of sp³-hybridized carbons (Fsp3) is 0. The normalized spacial score (nSPS) is 10.9. The van der Waals surface area contributed by atoms with Crippen molar-refractivity contribution in [3.63, 3.8) is 0 Å². The van der Waals surface area contributed by atoms with E-state index >= 15 is 0 Å². The monoisotopic (exact) mass is 542 g/mol. The standard InChI is InChI=1S/3C6H4Cl.Bi/c3*7-6-4-2-1-3-5-6;/h3*2-5H;. The third-order valence-electron chi connectivity index (χ3n) is 3.25. The summed E-state index contributed by atoms with van der Waals surface area (Å²) in [6.45, 7) is 0. The van der Waals surface area contributed by atoms with Crippen molar-refractivity contribution in [3.05, 3.63) is 87.9 Å². The summed E-state index contributed by atoms with van der Waals surface area (Å²) in [5.74, 6) is 0. The quantitative estimate of drug-likeness (QED) is 0.436. The van der Waals surface area contributed by atoms with Gasteiger partial charge in [-0.25, -0.2) is 0 Å². The predicted molar refractivity (Wildman–Crippen MR) is 99.0 cm³/mol. The van der Waals surface area contributed by atoms with Crippen LogP contribution in [0.5, 0.6) is 0 Å². The summed E-state index contributed by atoms with van der Waals surface area (Å²) in [7, 11) is 0. The van der Waals surface area contributed by atoms with Gasteiger partial charge in [0.15, 0.2) is 0 Å². The molecular weight excluding hydrogens is 532 g/mol. The summed E-state index contributed by atoms with van der Waals surface area (Å²) in [5, 5.41) is 2.29. The van der Waals surface area contributed by atoms with Crippen LogP contribution in [-0.2, 0) is 0 Å². The summed E-state index contributed by atoms with van der Waals surface area (Å²) in [5.41, 5.74) is 0. The molecule has 0 saturated carbocycles. The summed E-state index contributed by atoms with van der Waals surface area (Å²) in [6.07, 6.45) is 0. The molecule has 0 fully saturated rings. The fourth-order valence-corrected chi connectivity index (χ4v) is 11.3. The van der Waals surface area contributed by atoms with Crippen LogP contribution >= 0.6 is 34.8 Å². The van der Waals surface area contributed by atoms with Crippen molar-refractivity contribution in [1.82, 2.24) is 0 Å². The first-order valence-corrected chi connectivity index (χ1v) is 13.1. The Bertz CT molecular complexity index is 642. The molecule has 22 heavy (non-hydrogen) atoms. The first-order valence-electron chi connectivity index (χ1n) is 6.70. The van der Waals surface area contributed by atoms with Crippen LogP contribution in [0, 0.1) is 0 Å². The summed E-state index contributed by atoms with van der Waals surface area (Å²) >= 11 is 15.8. The zero-order valence-corrected chi connectivity index (χ0v) is 17.3. The van der Waals surface area contributed by atoms with Crippen molar-refractivity contribution in [1.29, 1.82) is 0 Å². The third-order valence-corrected chi connectivity index (χ3v) is 13.5. The molecule has 0 saturated heterocycles. The molecule has 0 amide bonds. The van der Waals surface area contributed by atoms with Gasteiger partial charge in [-0.15, -0.1) is 0 Å². The summed E-state index contributed by atoms with van der Waals surface area (Å²) in [4.78, 5) is 0. The van der Waals surface area contributed by atoms with E-state index in [1.54, 1.807) is 0 Å². The van der Waals surface area contributed by atoms with Gasteiger partial charge in [0.25, 0.3) is 0 Å². The first-order chi connectivity index (χ1) is 10.6. The maximum absolute atomic E-state index is 6.04. The second kappa shape index (κ2) is 7.32. The van der Waals surface area contributed by atoms with E-state index in [1.165, 1.54) is 9.81 Å². The van der Waals surface area contributed by atoms with E-state index in [9.17, 15) is 0 Å². The van der Waals surface area contributed by atoms with Crippen molar-refractivity contribution >= 4 is 66.4 Å². The number of benzene rings is 3. The molecule has 4 heteroatoms. The van der Waals surface area contributed by atoms with Crippen molar-refractivity contribution in [2.45, 2.75) is 0 Å². The van der Waals surface area contributed by atoms with Gasteiger partial charge < -0.3 is 0 Å². The second-order valence-corrected chi connectivity index (χ2v) is 14.7. The van der Waals surface area contributed by atoms with Gasteiger partial charge in [0.1, 0.15) is 0 Å². The minimum absolute atomic E-state index is 0.764. The molecule has 0 atom stereocenters. The van der Waals surface area contributed by atoms with E-state index in [2.05, 4.69) is 36.4 Å². The molecule has 0 aliphatic heterocycles. The molecule has 0 nitrogen and oxygen atoms in total. The first kappa shape index (κ1) is 16.3. The van der Waals surface area contributed by atoms with Gasteiger partial charge >= 0.3 is 154 Å². The van der Waals surface area contributed by atoms with E-state index in [4.69, 9.17) is 34.8 Å². The molecule has 0 aromatic heterocycles. The summed E-state index contributed by atoms with van der Waals surface area (Å²) in [6, 6.07) is 24.6. The molecule has 0 aliphatic carbocycles. The van der Waals surface area contributed by atoms with Crippen molar-refractivity contribution < 1.29 is 0 Å². The van der Waals surface area contributed by atoms with Crippen LogP contribution in [-0.4, -0.2) is 21.8 Å². The number of halogens is 3. The van der Waals surface area contributed by atoms with Crippen LogP contribution in [0.2, 0.25) is 15.1 Å². The minimum atomic E-state index is -2.32. The zero-order valence-electron chi connectivity index (χ0n) is 11.5. The third kappa shape index (κ3) is 3.84. The van der Waals surface area contributed by atoms with Gasteiger partial charge in [-0.2, -0.15) is 0 Å². The molecule has 0 heterocycles. The van der Waals surface area contributed by atoms with Crippen molar-refractivity contribution in [2.24, 2.45) is 0 Å².